The van der Waals surface area contributed by atoms with Gasteiger partial charge in [-0.2, -0.15) is 5.10 Å². The first-order chi connectivity index (χ1) is 8.90. The summed E-state index contributed by atoms with van der Waals surface area (Å²) in [5.41, 5.74) is -0.644. The fourth-order valence-electron chi connectivity index (χ4n) is 1.58. The summed E-state index contributed by atoms with van der Waals surface area (Å²) in [6, 6.07) is 1.19. The number of anilines is 1. The third-order valence-electron chi connectivity index (χ3n) is 2.73. The maximum atomic E-state index is 11.9. The molecule has 0 atom stereocenters. The van der Waals surface area contributed by atoms with Gasteiger partial charge in [-0.15, -0.1) is 0 Å². The zero-order valence-corrected chi connectivity index (χ0v) is 10.7. The molecule has 0 aliphatic heterocycles. The summed E-state index contributed by atoms with van der Waals surface area (Å²) in [5.74, 6) is -0.293. The lowest BCUT2D eigenvalue weighted by atomic mass is 10.3. The van der Waals surface area contributed by atoms with Gasteiger partial charge in [-0.05, 0) is 0 Å². The van der Waals surface area contributed by atoms with Gasteiger partial charge >= 0.3 is 5.69 Å². The van der Waals surface area contributed by atoms with Crippen molar-refractivity contribution in [1.82, 2.24) is 18.9 Å². The average Bonchev–Trinajstić information content (AvgIpc) is 2.80. The summed E-state index contributed by atoms with van der Waals surface area (Å²) in [6.45, 7) is 0. The summed E-state index contributed by atoms with van der Waals surface area (Å²) in [6.07, 6.45) is 2.93. The molecule has 0 aromatic carbocycles. The number of nitrogens with one attached hydrogen (secondary N) is 1. The highest BCUT2D eigenvalue weighted by Gasteiger charge is 2.12. The molecule has 1 N–H and O–H groups in total. The molecule has 0 radical (unpaired) electrons. The lowest BCUT2D eigenvalue weighted by molar-refractivity contribution is 0.102. The average molecular weight is 263 g/mol. The van der Waals surface area contributed by atoms with Gasteiger partial charge in [-0.25, -0.2) is 4.79 Å². The fourth-order valence-corrected chi connectivity index (χ4v) is 1.58. The maximum absolute atomic E-state index is 11.9. The predicted octanol–water partition coefficient (Wildman–Crippen LogP) is -0.930. The van der Waals surface area contributed by atoms with Crippen LogP contribution in [-0.2, 0) is 21.1 Å². The van der Waals surface area contributed by atoms with Gasteiger partial charge in [-0.3, -0.25) is 23.4 Å². The second-order valence-corrected chi connectivity index (χ2v) is 4.13. The van der Waals surface area contributed by atoms with Gasteiger partial charge in [0.15, 0.2) is 0 Å². The van der Waals surface area contributed by atoms with E-state index in [1.165, 1.54) is 41.8 Å². The highest BCUT2D eigenvalue weighted by atomic mass is 16.2. The summed E-state index contributed by atoms with van der Waals surface area (Å²) in [7, 11) is 4.53. The van der Waals surface area contributed by atoms with Crippen molar-refractivity contribution in [2.24, 2.45) is 21.1 Å². The molecule has 0 saturated heterocycles. The van der Waals surface area contributed by atoms with Gasteiger partial charge in [0.05, 0.1) is 11.8 Å². The van der Waals surface area contributed by atoms with Crippen LogP contribution in [0.5, 0.6) is 0 Å². The quantitative estimate of drug-likeness (QED) is 0.757. The summed E-state index contributed by atoms with van der Waals surface area (Å²) in [5, 5.41) is 6.38. The van der Waals surface area contributed by atoms with E-state index in [1.54, 1.807) is 7.05 Å². The topological polar surface area (TPSA) is 90.9 Å². The lowest BCUT2D eigenvalue weighted by Crippen LogP contribution is -2.38. The van der Waals surface area contributed by atoms with Crippen LogP contribution in [0.2, 0.25) is 0 Å². The Labute approximate surface area is 107 Å². The molecule has 0 unspecified atom stereocenters. The number of carbonyl (C=O) groups excluding carboxylic acids is 1. The summed E-state index contributed by atoms with van der Waals surface area (Å²) < 4.78 is 3.63. The first-order valence-corrected chi connectivity index (χ1v) is 5.47. The zero-order valence-electron chi connectivity index (χ0n) is 10.7. The van der Waals surface area contributed by atoms with E-state index in [0.29, 0.717) is 5.56 Å². The monoisotopic (exact) mass is 263 g/mol. The molecule has 2 aromatic rings. The van der Waals surface area contributed by atoms with E-state index in [0.717, 1.165) is 4.57 Å². The fraction of sp³-hybridized carbons (Fsp3) is 0.273. The van der Waals surface area contributed by atoms with Crippen LogP contribution >= 0.6 is 0 Å². The Bertz CT molecular complexity index is 752. The van der Waals surface area contributed by atoms with Crippen molar-refractivity contribution in [1.29, 1.82) is 0 Å². The minimum absolute atomic E-state index is 0.141. The van der Waals surface area contributed by atoms with E-state index in [9.17, 15) is 14.4 Å². The Morgan fingerprint density at radius 1 is 1.21 bits per heavy atom. The third kappa shape index (κ3) is 2.32. The third-order valence-corrected chi connectivity index (χ3v) is 2.73. The van der Waals surface area contributed by atoms with Crippen LogP contribution in [-0.4, -0.2) is 24.8 Å². The first-order valence-electron chi connectivity index (χ1n) is 5.47. The van der Waals surface area contributed by atoms with Crippen molar-refractivity contribution in [3.63, 3.8) is 0 Å². The summed E-state index contributed by atoms with van der Waals surface area (Å²) in [4.78, 5) is 35.1. The van der Waals surface area contributed by atoms with E-state index in [2.05, 4.69) is 10.4 Å². The number of nitrogens with zero attached hydrogens (tertiary/aromatic N) is 4. The van der Waals surface area contributed by atoms with Crippen molar-refractivity contribution in [3.8, 4) is 0 Å². The van der Waals surface area contributed by atoms with Crippen LogP contribution in [0.3, 0.4) is 0 Å². The van der Waals surface area contributed by atoms with Crippen LogP contribution < -0.4 is 16.6 Å². The van der Waals surface area contributed by atoms with Crippen LogP contribution in [0.25, 0.3) is 0 Å². The number of hydrogen-bond acceptors (Lipinski definition) is 4. The Morgan fingerprint density at radius 3 is 2.47 bits per heavy atom. The molecule has 1 amide bonds. The zero-order chi connectivity index (χ0) is 14.2. The molecule has 2 aromatic heterocycles. The van der Waals surface area contributed by atoms with Crippen LogP contribution in [0, 0.1) is 0 Å². The van der Waals surface area contributed by atoms with E-state index in [4.69, 9.17) is 0 Å². The SMILES string of the molecule is Cn1cc(C(=O)Nc2cc(=O)n(C)c(=O)n2C)cn1. The molecule has 0 aliphatic carbocycles. The van der Waals surface area contributed by atoms with E-state index in [1.807, 2.05) is 0 Å². The molecule has 8 heteroatoms. The van der Waals surface area contributed by atoms with E-state index < -0.39 is 17.2 Å². The van der Waals surface area contributed by atoms with Crippen LogP contribution in [0.1, 0.15) is 10.4 Å². The molecule has 0 fully saturated rings. The molecule has 0 saturated carbocycles. The minimum atomic E-state index is -0.506. The van der Waals surface area contributed by atoms with E-state index >= 15 is 0 Å². The van der Waals surface area contributed by atoms with Gasteiger partial charge < -0.3 is 5.32 Å². The molecule has 0 spiro atoms. The van der Waals surface area contributed by atoms with Gasteiger partial charge in [-0.1, -0.05) is 0 Å². The van der Waals surface area contributed by atoms with Crippen molar-refractivity contribution in [3.05, 3.63) is 44.9 Å². The number of carbonyl (C=O) groups is 1. The van der Waals surface area contributed by atoms with Crippen molar-refractivity contribution in [2.75, 3.05) is 5.32 Å². The Hall–Kier alpha value is -2.64. The second kappa shape index (κ2) is 4.56. The van der Waals surface area contributed by atoms with Crippen molar-refractivity contribution in [2.45, 2.75) is 0 Å². The molecule has 19 heavy (non-hydrogen) atoms. The van der Waals surface area contributed by atoms with Gasteiger partial charge in [0.2, 0.25) is 0 Å². The molecule has 2 heterocycles. The van der Waals surface area contributed by atoms with Gasteiger partial charge in [0.25, 0.3) is 11.5 Å². The van der Waals surface area contributed by atoms with Crippen LogP contribution in [0.4, 0.5) is 5.82 Å². The molecule has 8 nitrogen and oxygen atoms in total. The second-order valence-electron chi connectivity index (χ2n) is 4.13. The van der Waals surface area contributed by atoms with Crippen LogP contribution in [0.15, 0.2) is 28.0 Å². The molecular weight excluding hydrogens is 250 g/mol. The largest absolute Gasteiger partial charge is 0.332 e. The molecular formula is C11H13N5O3. The number of amides is 1. The number of rotatable bonds is 2. The standard InChI is InChI=1S/C11H13N5O3/c1-14-6-7(5-12-14)10(18)13-8-4-9(17)16(3)11(19)15(8)2/h4-6H,1-3H3,(H,13,18). The Morgan fingerprint density at radius 2 is 1.89 bits per heavy atom. The Kier molecular flexibility index (Phi) is 3.07. The summed E-state index contributed by atoms with van der Waals surface area (Å²) >= 11 is 0. The smallest absolute Gasteiger partial charge is 0.308 e. The first kappa shape index (κ1) is 12.8. The molecule has 100 valence electrons. The maximum Gasteiger partial charge on any atom is 0.332 e. The van der Waals surface area contributed by atoms with Crippen molar-refractivity contribution >= 4 is 11.7 Å². The number of hydrogen-bond donors (Lipinski definition) is 1. The molecule has 0 bridgehead atoms. The van der Waals surface area contributed by atoms with Gasteiger partial charge in [0, 0.05) is 33.4 Å². The van der Waals surface area contributed by atoms with E-state index in [-0.39, 0.29) is 5.82 Å². The molecule has 2 rings (SSSR count). The van der Waals surface area contributed by atoms with Crippen molar-refractivity contribution < 1.29 is 4.79 Å². The normalized spacial score (nSPS) is 10.5. The highest BCUT2D eigenvalue weighted by Crippen LogP contribution is 2.03. The lowest BCUT2D eigenvalue weighted by Gasteiger charge is -2.09. The molecule has 0 aliphatic rings. The minimum Gasteiger partial charge on any atom is -0.308 e. The van der Waals surface area contributed by atoms with Gasteiger partial charge in [0.1, 0.15) is 5.82 Å². The predicted molar refractivity (Wildman–Crippen MR) is 68.1 cm³/mol. The highest BCUT2D eigenvalue weighted by molar-refractivity contribution is 6.03. The number of aromatic nitrogens is 4. The Balaban J connectivity index is 2.37. The number of aryl methyl sites for hydroxylation is 1.